The van der Waals surface area contributed by atoms with Gasteiger partial charge in [-0.3, -0.25) is 4.57 Å². The highest BCUT2D eigenvalue weighted by atomic mass is 79.9. The standard InChI is InChI=1S/C12H10BrF2N3/c1-2-3-16-12-17-4-5-18(12)11-7-9(14)8(13)6-10(11)15/h2,4-7H,1,3H2,(H,16,17). The van der Waals surface area contributed by atoms with Gasteiger partial charge in [0, 0.05) is 25.0 Å². The summed E-state index contributed by atoms with van der Waals surface area (Å²) in [4.78, 5) is 4.03. The minimum Gasteiger partial charge on any atom is -0.352 e. The summed E-state index contributed by atoms with van der Waals surface area (Å²) in [5, 5.41) is 2.94. The van der Waals surface area contributed by atoms with E-state index in [-0.39, 0.29) is 10.2 Å². The fraction of sp³-hybridized carbons (Fsp3) is 0.0833. The van der Waals surface area contributed by atoms with Gasteiger partial charge >= 0.3 is 0 Å². The monoisotopic (exact) mass is 313 g/mol. The van der Waals surface area contributed by atoms with E-state index < -0.39 is 11.6 Å². The van der Waals surface area contributed by atoms with Gasteiger partial charge in [-0.05, 0) is 22.0 Å². The van der Waals surface area contributed by atoms with Crippen LogP contribution in [0.25, 0.3) is 5.69 Å². The Bertz CT molecular complexity index is 581. The molecule has 0 unspecified atom stereocenters. The van der Waals surface area contributed by atoms with E-state index >= 15 is 0 Å². The van der Waals surface area contributed by atoms with E-state index in [2.05, 4.69) is 32.8 Å². The van der Waals surface area contributed by atoms with Crippen molar-refractivity contribution >= 4 is 21.9 Å². The average Bonchev–Trinajstić information content (AvgIpc) is 2.79. The fourth-order valence-corrected chi connectivity index (χ4v) is 1.80. The molecule has 1 N–H and O–H groups in total. The molecule has 0 spiro atoms. The molecule has 0 aliphatic carbocycles. The van der Waals surface area contributed by atoms with Crippen molar-refractivity contribution in [3.8, 4) is 5.69 Å². The molecule has 94 valence electrons. The molecule has 0 saturated carbocycles. The van der Waals surface area contributed by atoms with Crippen LogP contribution in [0.15, 0.2) is 41.7 Å². The Kier molecular flexibility index (Phi) is 3.76. The van der Waals surface area contributed by atoms with Crippen LogP contribution in [-0.2, 0) is 0 Å². The van der Waals surface area contributed by atoms with Gasteiger partial charge in [-0.2, -0.15) is 0 Å². The molecule has 0 aliphatic heterocycles. The molecule has 0 bridgehead atoms. The maximum absolute atomic E-state index is 13.8. The number of halogens is 3. The Morgan fingerprint density at radius 2 is 2.17 bits per heavy atom. The summed E-state index contributed by atoms with van der Waals surface area (Å²) in [7, 11) is 0. The molecular weight excluding hydrogens is 304 g/mol. The first-order chi connectivity index (χ1) is 8.63. The van der Waals surface area contributed by atoms with Crippen molar-refractivity contribution < 1.29 is 8.78 Å². The topological polar surface area (TPSA) is 29.9 Å². The normalized spacial score (nSPS) is 10.4. The third-order valence-electron chi connectivity index (χ3n) is 2.29. The lowest BCUT2D eigenvalue weighted by Crippen LogP contribution is -2.07. The Hall–Kier alpha value is -1.69. The van der Waals surface area contributed by atoms with Crippen LogP contribution in [0.4, 0.5) is 14.7 Å². The molecule has 0 saturated heterocycles. The van der Waals surface area contributed by atoms with Gasteiger partial charge in [0.1, 0.15) is 11.6 Å². The third kappa shape index (κ3) is 2.43. The Morgan fingerprint density at radius 3 is 2.89 bits per heavy atom. The van der Waals surface area contributed by atoms with E-state index in [1.54, 1.807) is 12.3 Å². The molecule has 0 atom stereocenters. The SMILES string of the molecule is C=CCNc1nccn1-c1cc(F)c(Br)cc1F. The summed E-state index contributed by atoms with van der Waals surface area (Å²) in [6, 6.07) is 2.20. The summed E-state index contributed by atoms with van der Waals surface area (Å²) in [6.07, 6.45) is 4.71. The maximum atomic E-state index is 13.8. The van der Waals surface area contributed by atoms with E-state index in [4.69, 9.17) is 0 Å². The van der Waals surface area contributed by atoms with Gasteiger partial charge in [0.15, 0.2) is 0 Å². The molecule has 1 heterocycles. The molecule has 2 aromatic rings. The van der Waals surface area contributed by atoms with Crippen molar-refractivity contribution in [3.63, 3.8) is 0 Å². The predicted octanol–water partition coefficient (Wildman–Crippen LogP) is 3.51. The van der Waals surface area contributed by atoms with Crippen molar-refractivity contribution in [3.05, 3.63) is 53.3 Å². The summed E-state index contributed by atoms with van der Waals surface area (Å²) >= 11 is 2.94. The predicted molar refractivity (Wildman–Crippen MR) is 69.9 cm³/mol. The molecule has 0 radical (unpaired) electrons. The number of hydrogen-bond donors (Lipinski definition) is 1. The van der Waals surface area contributed by atoms with E-state index in [9.17, 15) is 8.78 Å². The number of rotatable bonds is 4. The van der Waals surface area contributed by atoms with Crippen LogP contribution < -0.4 is 5.32 Å². The zero-order valence-corrected chi connectivity index (χ0v) is 10.9. The average molecular weight is 314 g/mol. The van der Waals surface area contributed by atoms with Gasteiger partial charge < -0.3 is 5.32 Å². The molecule has 18 heavy (non-hydrogen) atoms. The van der Waals surface area contributed by atoms with Crippen molar-refractivity contribution in [1.29, 1.82) is 0 Å². The van der Waals surface area contributed by atoms with E-state index in [0.29, 0.717) is 12.5 Å². The number of imidazole rings is 1. The second-order valence-electron chi connectivity index (χ2n) is 3.51. The molecule has 2 rings (SSSR count). The van der Waals surface area contributed by atoms with E-state index in [1.165, 1.54) is 10.8 Å². The van der Waals surface area contributed by atoms with E-state index in [0.717, 1.165) is 12.1 Å². The molecule has 1 aromatic carbocycles. The Labute approximate surface area is 111 Å². The highest BCUT2D eigenvalue weighted by Crippen LogP contribution is 2.24. The number of anilines is 1. The first kappa shape index (κ1) is 12.8. The molecule has 0 aliphatic rings. The second-order valence-corrected chi connectivity index (χ2v) is 4.36. The molecule has 6 heteroatoms. The van der Waals surface area contributed by atoms with E-state index in [1.807, 2.05) is 0 Å². The van der Waals surface area contributed by atoms with Crippen LogP contribution in [0.1, 0.15) is 0 Å². The van der Waals surface area contributed by atoms with Crippen molar-refractivity contribution in [2.45, 2.75) is 0 Å². The van der Waals surface area contributed by atoms with Crippen LogP contribution in [0.2, 0.25) is 0 Å². The molecule has 0 fully saturated rings. The second kappa shape index (κ2) is 5.30. The zero-order chi connectivity index (χ0) is 13.1. The largest absolute Gasteiger partial charge is 0.352 e. The van der Waals surface area contributed by atoms with Crippen LogP contribution in [0.3, 0.4) is 0 Å². The van der Waals surface area contributed by atoms with Gasteiger partial charge in [0.2, 0.25) is 5.95 Å². The lowest BCUT2D eigenvalue weighted by Gasteiger charge is -2.10. The first-order valence-electron chi connectivity index (χ1n) is 5.16. The number of nitrogens with zero attached hydrogens (tertiary/aromatic N) is 2. The maximum Gasteiger partial charge on any atom is 0.207 e. The van der Waals surface area contributed by atoms with Gasteiger partial charge in [0.25, 0.3) is 0 Å². The molecular formula is C12H10BrF2N3. The van der Waals surface area contributed by atoms with Crippen LogP contribution in [-0.4, -0.2) is 16.1 Å². The van der Waals surface area contributed by atoms with Gasteiger partial charge in [-0.15, -0.1) is 6.58 Å². The van der Waals surface area contributed by atoms with Crippen molar-refractivity contribution in [1.82, 2.24) is 9.55 Å². The van der Waals surface area contributed by atoms with Crippen LogP contribution in [0.5, 0.6) is 0 Å². The van der Waals surface area contributed by atoms with Gasteiger partial charge in [-0.1, -0.05) is 6.08 Å². The summed E-state index contributed by atoms with van der Waals surface area (Å²) < 4.78 is 28.8. The fourth-order valence-electron chi connectivity index (χ4n) is 1.49. The number of aromatic nitrogens is 2. The first-order valence-corrected chi connectivity index (χ1v) is 5.96. The van der Waals surface area contributed by atoms with Crippen LogP contribution in [0, 0.1) is 11.6 Å². The molecule has 1 aromatic heterocycles. The smallest absolute Gasteiger partial charge is 0.207 e. The lowest BCUT2D eigenvalue weighted by molar-refractivity contribution is 0.587. The highest BCUT2D eigenvalue weighted by Gasteiger charge is 2.12. The number of nitrogens with one attached hydrogen (secondary N) is 1. The van der Waals surface area contributed by atoms with Gasteiger partial charge in [-0.25, -0.2) is 13.8 Å². The quantitative estimate of drug-likeness (QED) is 0.691. The zero-order valence-electron chi connectivity index (χ0n) is 9.33. The lowest BCUT2D eigenvalue weighted by atomic mass is 10.3. The number of benzene rings is 1. The molecule has 3 nitrogen and oxygen atoms in total. The Morgan fingerprint density at radius 1 is 1.39 bits per heavy atom. The number of hydrogen-bond acceptors (Lipinski definition) is 2. The molecule has 0 amide bonds. The minimum absolute atomic E-state index is 0.0875. The third-order valence-corrected chi connectivity index (χ3v) is 2.90. The van der Waals surface area contributed by atoms with Crippen molar-refractivity contribution in [2.75, 3.05) is 11.9 Å². The summed E-state index contributed by atoms with van der Waals surface area (Å²) in [6.45, 7) is 4.05. The van der Waals surface area contributed by atoms with Crippen LogP contribution >= 0.6 is 15.9 Å². The van der Waals surface area contributed by atoms with Crippen molar-refractivity contribution in [2.24, 2.45) is 0 Å². The van der Waals surface area contributed by atoms with Gasteiger partial charge in [0.05, 0.1) is 10.2 Å². The highest BCUT2D eigenvalue weighted by molar-refractivity contribution is 9.10. The Balaban J connectivity index is 2.45. The minimum atomic E-state index is -0.539. The summed E-state index contributed by atoms with van der Waals surface area (Å²) in [5.41, 5.74) is 0.0970. The summed E-state index contributed by atoms with van der Waals surface area (Å²) in [5.74, 6) is -0.645.